The highest BCUT2D eigenvalue weighted by atomic mass is 16.5. The van der Waals surface area contributed by atoms with E-state index in [2.05, 4.69) is 6.58 Å². The van der Waals surface area contributed by atoms with Gasteiger partial charge in [-0.05, 0) is 20.8 Å². The first-order valence-corrected chi connectivity index (χ1v) is 3.90. The zero-order valence-corrected chi connectivity index (χ0v) is 7.83. The summed E-state index contributed by atoms with van der Waals surface area (Å²) in [5, 5.41) is 9.36. The van der Waals surface area contributed by atoms with E-state index in [-0.39, 0.29) is 6.10 Å². The van der Waals surface area contributed by atoms with Gasteiger partial charge in [0, 0.05) is 12.5 Å². The van der Waals surface area contributed by atoms with E-state index in [1.165, 1.54) is 0 Å². The lowest BCUT2D eigenvalue weighted by molar-refractivity contribution is -0.144. The number of carbonyl (C=O) groups excluding carboxylic acids is 1. The van der Waals surface area contributed by atoms with Crippen LogP contribution in [0.5, 0.6) is 0 Å². The van der Waals surface area contributed by atoms with Crippen LogP contribution >= 0.6 is 0 Å². The first-order valence-electron chi connectivity index (χ1n) is 3.90. The van der Waals surface area contributed by atoms with Crippen molar-refractivity contribution in [2.24, 2.45) is 0 Å². The minimum absolute atomic E-state index is 0.282. The smallest absolute Gasteiger partial charge is 0.330 e. The standard InChI is InChI=1S/C9H16O3/c1-5-8(10)12-7(2)6-9(3,4)11/h5,7,11H,1,6H2,2-4H3. The summed E-state index contributed by atoms with van der Waals surface area (Å²) < 4.78 is 4.86. The average molecular weight is 172 g/mol. The molecule has 12 heavy (non-hydrogen) atoms. The molecule has 0 aliphatic rings. The molecule has 0 spiro atoms. The van der Waals surface area contributed by atoms with Gasteiger partial charge in [-0.25, -0.2) is 4.79 Å². The van der Waals surface area contributed by atoms with Crippen LogP contribution in [0.4, 0.5) is 0 Å². The Bertz CT molecular complexity index is 167. The van der Waals surface area contributed by atoms with Crippen molar-refractivity contribution < 1.29 is 14.6 Å². The summed E-state index contributed by atoms with van der Waals surface area (Å²) in [6.07, 6.45) is 1.25. The molecule has 1 N–H and O–H groups in total. The first kappa shape index (κ1) is 11.2. The maximum absolute atomic E-state index is 10.7. The fourth-order valence-electron chi connectivity index (χ4n) is 0.992. The summed E-state index contributed by atoms with van der Waals surface area (Å²) >= 11 is 0. The van der Waals surface area contributed by atoms with Crippen molar-refractivity contribution in [1.82, 2.24) is 0 Å². The normalized spacial score (nSPS) is 13.7. The Hall–Kier alpha value is -0.830. The first-order chi connectivity index (χ1) is 5.35. The summed E-state index contributed by atoms with van der Waals surface area (Å²) in [5.74, 6) is -0.452. The molecule has 0 aliphatic heterocycles. The highest BCUT2D eigenvalue weighted by Gasteiger charge is 2.18. The van der Waals surface area contributed by atoms with Crippen molar-refractivity contribution in [2.75, 3.05) is 0 Å². The number of rotatable bonds is 4. The Morgan fingerprint density at radius 3 is 2.58 bits per heavy atom. The Morgan fingerprint density at radius 1 is 1.75 bits per heavy atom. The number of hydrogen-bond acceptors (Lipinski definition) is 3. The third-order valence-electron chi connectivity index (χ3n) is 1.27. The molecule has 3 nitrogen and oxygen atoms in total. The molecule has 0 heterocycles. The second-order valence-corrected chi connectivity index (χ2v) is 3.47. The van der Waals surface area contributed by atoms with E-state index in [9.17, 15) is 9.90 Å². The topological polar surface area (TPSA) is 46.5 Å². The number of esters is 1. The monoisotopic (exact) mass is 172 g/mol. The second-order valence-electron chi connectivity index (χ2n) is 3.47. The SMILES string of the molecule is C=CC(=O)OC(C)CC(C)(C)O. The summed E-state index contributed by atoms with van der Waals surface area (Å²) in [6, 6.07) is 0. The Kier molecular flexibility index (Phi) is 3.96. The van der Waals surface area contributed by atoms with Crippen LogP contribution in [-0.4, -0.2) is 22.8 Å². The molecule has 70 valence electrons. The molecule has 1 atom stereocenters. The van der Waals surface area contributed by atoms with Gasteiger partial charge in [-0.1, -0.05) is 6.58 Å². The summed E-state index contributed by atoms with van der Waals surface area (Å²) in [7, 11) is 0. The van der Waals surface area contributed by atoms with Crippen molar-refractivity contribution in [3.05, 3.63) is 12.7 Å². The van der Waals surface area contributed by atoms with Gasteiger partial charge in [0.05, 0.1) is 5.60 Å². The number of carbonyl (C=O) groups is 1. The van der Waals surface area contributed by atoms with Crippen LogP contribution in [0.15, 0.2) is 12.7 Å². The van der Waals surface area contributed by atoms with Gasteiger partial charge in [0.2, 0.25) is 0 Å². The fraction of sp³-hybridized carbons (Fsp3) is 0.667. The van der Waals surface area contributed by atoms with Crippen molar-refractivity contribution in [3.8, 4) is 0 Å². The van der Waals surface area contributed by atoms with Crippen LogP contribution in [-0.2, 0) is 9.53 Å². The van der Waals surface area contributed by atoms with Crippen molar-refractivity contribution in [1.29, 1.82) is 0 Å². The third-order valence-corrected chi connectivity index (χ3v) is 1.27. The van der Waals surface area contributed by atoms with E-state index in [1.54, 1.807) is 20.8 Å². The minimum atomic E-state index is -0.805. The van der Waals surface area contributed by atoms with Gasteiger partial charge in [0.25, 0.3) is 0 Å². The van der Waals surface area contributed by atoms with Crippen LogP contribution in [0.1, 0.15) is 27.2 Å². The molecular weight excluding hydrogens is 156 g/mol. The lowest BCUT2D eigenvalue weighted by Gasteiger charge is -2.21. The molecule has 1 unspecified atom stereocenters. The Morgan fingerprint density at radius 2 is 2.25 bits per heavy atom. The molecule has 0 aliphatic carbocycles. The molecule has 0 amide bonds. The molecule has 0 aromatic heterocycles. The molecule has 0 fully saturated rings. The van der Waals surface area contributed by atoms with Crippen LogP contribution < -0.4 is 0 Å². The van der Waals surface area contributed by atoms with Gasteiger partial charge in [-0.2, -0.15) is 0 Å². The number of hydrogen-bond donors (Lipinski definition) is 1. The Labute approximate surface area is 73.0 Å². The van der Waals surface area contributed by atoms with Crippen LogP contribution in [0.2, 0.25) is 0 Å². The molecule has 0 radical (unpaired) electrons. The van der Waals surface area contributed by atoms with E-state index < -0.39 is 11.6 Å². The summed E-state index contributed by atoms with van der Waals surface area (Å²) in [4.78, 5) is 10.7. The van der Waals surface area contributed by atoms with Gasteiger partial charge in [-0.15, -0.1) is 0 Å². The quantitative estimate of drug-likeness (QED) is 0.513. The zero-order chi connectivity index (χ0) is 9.78. The van der Waals surface area contributed by atoms with E-state index in [1.807, 2.05) is 0 Å². The van der Waals surface area contributed by atoms with Crippen LogP contribution in [0.25, 0.3) is 0 Å². The maximum Gasteiger partial charge on any atom is 0.330 e. The van der Waals surface area contributed by atoms with E-state index >= 15 is 0 Å². The van der Waals surface area contributed by atoms with E-state index in [0.717, 1.165) is 6.08 Å². The predicted octanol–water partition coefficient (Wildman–Crippen LogP) is 1.27. The van der Waals surface area contributed by atoms with Gasteiger partial charge < -0.3 is 9.84 Å². The molecule has 0 bridgehead atoms. The van der Waals surface area contributed by atoms with E-state index in [4.69, 9.17) is 4.74 Å². The number of ether oxygens (including phenoxy) is 1. The van der Waals surface area contributed by atoms with Gasteiger partial charge in [0.1, 0.15) is 6.10 Å². The highest BCUT2D eigenvalue weighted by molar-refractivity contribution is 5.81. The summed E-state index contributed by atoms with van der Waals surface area (Å²) in [6.45, 7) is 8.35. The lowest BCUT2D eigenvalue weighted by Crippen LogP contribution is -2.27. The molecule has 0 rings (SSSR count). The number of aliphatic hydroxyl groups is 1. The molecular formula is C9H16O3. The molecule has 0 aromatic rings. The molecule has 3 heteroatoms. The largest absolute Gasteiger partial charge is 0.459 e. The van der Waals surface area contributed by atoms with Gasteiger partial charge in [-0.3, -0.25) is 0 Å². The molecule has 0 saturated heterocycles. The average Bonchev–Trinajstić information content (AvgIpc) is 1.82. The molecule has 0 saturated carbocycles. The predicted molar refractivity (Wildman–Crippen MR) is 46.7 cm³/mol. The van der Waals surface area contributed by atoms with E-state index in [0.29, 0.717) is 6.42 Å². The lowest BCUT2D eigenvalue weighted by atomic mass is 10.0. The van der Waals surface area contributed by atoms with Crippen molar-refractivity contribution in [2.45, 2.75) is 38.9 Å². The summed E-state index contributed by atoms with van der Waals surface area (Å²) in [5.41, 5.74) is -0.805. The van der Waals surface area contributed by atoms with Gasteiger partial charge in [0.15, 0.2) is 0 Å². The maximum atomic E-state index is 10.7. The van der Waals surface area contributed by atoms with Crippen LogP contribution in [0.3, 0.4) is 0 Å². The second kappa shape index (κ2) is 4.26. The van der Waals surface area contributed by atoms with Crippen molar-refractivity contribution >= 4 is 5.97 Å². The van der Waals surface area contributed by atoms with Gasteiger partial charge >= 0.3 is 5.97 Å². The van der Waals surface area contributed by atoms with Crippen LogP contribution in [0, 0.1) is 0 Å². The fourth-order valence-corrected chi connectivity index (χ4v) is 0.992. The minimum Gasteiger partial charge on any atom is -0.459 e. The zero-order valence-electron chi connectivity index (χ0n) is 7.83. The third kappa shape index (κ3) is 5.92. The van der Waals surface area contributed by atoms with Crippen molar-refractivity contribution in [3.63, 3.8) is 0 Å². The molecule has 0 aromatic carbocycles. The Balaban J connectivity index is 3.82. The highest BCUT2D eigenvalue weighted by Crippen LogP contribution is 2.12.